The maximum absolute atomic E-state index is 13.1. The summed E-state index contributed by atoms with van der Waals surface area (Å²) in [6.07, 6.45) is -4.72. The average molecular weight is 444 g/mol. The van der Waals surface area contributed by atoms with Crippen LogP contribution in [0.1, 0.15) is 5.56 Å². The van der Waals surface area contributed by atoms with Crippen LogP contribution in [0, 0.1) is 5.21 Å². The SMILES string of the molecule is CO/N=[N+](/[O-])CC(=O)N1CN(S(=O)(=O)c2cccc(C(F)(F)F)c2)c2ccccc21. The van der Waals surface area contributed by atoms with Crippen LogP contribution in [0.4, 0.5) is 24.5 Å². The Balaban J connectivity index is 1.99. The first kappa shape index (κ1) is 21.4. The maximum Gasteiger partial charge on any atom is 0.416 e. The summed E-state index contributed by atoms with van der Waals surface area (Å²) in [6, 6.07) is 9.24. The Bertz CT molecular complexity index is 1100. The van der Waals surface area contributed by atoms with Crippen molar-refractivity contribution < 1.29 is 36.1 Å². The Morgan fingerprint density at radius 2 is 1.87 bits per heavy atom. The van der Waals surface area contributed by atoms with Crippen molar-refractivity contribution in [3.63, 3.8) is 0 Å². The molecule has 0 radical (unpaired) electrons. The first-order chi connectivity index (χ1) is 14.1. The molecule has 0 unspecified atom stereocenters. The van der Waals surface area contributed by atoms with E-state index in [0.717, 1.165) is 34.5 Å². The van der Waals surface area contributed by atoms with Gasteiger partial charge in [0, 0.05) is 0 Å². The van der Waals surface area contributed by atoms with Crippen LogP contribution < -0.4 is 9.21 Å². The van der Waals surface area contributed by atoms with Gasteiger partial charge >= 0.3 is 6.18 Å². The Kier molecular flexibility index (Phi) is 5.57. The number of nitrogens with zero attached hydrogens (tertiary/aromatic N) is 4. The lowest BCUT2D eigenvalue weighted by molar-refractivity contribution is -0.546. The highest BCUT2D eigenvalue weighted by atomic mass is 32.2. The summed E-state index contributed by atoms with van der Waals surface area (Å²) in [5, 5.41) is 14.5. The normalized spacial score (nSPS) is 14.6. The highest BCUT2D eigenvalue weighted by molar-refractivity contribution is 7.92. The Hall–Kier alpha value is -3.35. The summed E-state index contributed by atoms with van der Waals surface area (Å²) >= 11 is 0. The number of halogens is 3. The molecule has 0 spiro atoms. The third-order valence-electron chi connectivity index (χ3n) is 4.20. The Labute approximate surface area is 169 Å². The van der Waals surface area contributed by atoms with Gasteiger partial charge in [0.1, 0.15) is 13.8 Å². The van der Waals surface area contributed by atoms with Gasteiger partial charge in [-0.05, 0) is 35.2 Å². The van der Waals surface area contributed by atoms with Crippen LogP contribution in [-0.4, -0.2) is 39.5 Å². The number of alkyl halides is 3. The molecular weight excluding hydrogens is 429 g/mol. The molecule has 0 saturated carbocycles. The van der Waals surface area contributed by atoms with Crippen LogP contribution in [0.3, 0.4) is 0 Å². The molecule has 0 N–H and O–H groups in total. The molecule has 9 nitrogen and oxygen atoms in total. The quantitative estimate of drug-likeness (QED) is 0.401. The standard InChI is InChI=1S/C17H15F3N4O5S/c1-29-21-24(26)10-16(25)22-11-23(15-8-3-2-7-14(15)22)30(27,28)13-6-4-5-12(9-13)17(18,19)20/h2-9H,10-11H2,1H3/b24-21+. The molecule has 160 valence electrons. The van der Waals surface area contributed by atoms with Crippen molar-refractivity contribution in [2.75, 3.05) is 29.5 Å². The fraction of sp³-hybridized carbons (Fsp3) is 0.235. The van der Waals surface area contributed by atoms with Gasteiger partial charge in [-0.3, -0.25) is 9.69 Å². The minimum atomic E-state index is -4.72. The summed E-state index contributed by atoms with van der Waals surface area (Å²) in [7, 11) is -3.33. The second-order valence-electron chi connectivity index (χ2n) is 6.11. The second-order valence-corrected chi connectivity index (χ2v) is 7.97. The fourth-order valence-corrected chi connectivity index (χ4v) is 4.35. The Morgan fingerprint density at radius 3 is 2.50 bits per heavy atom. The zero-order valence-electron chi connectivity index (χ0n) is 15.4. The maximum atomic E-state index is 13.1. The van der Waals surface area contributed by atoms with E-state index >= 15 is 0 Å². The van der Waals surface area contributed by atoms with Crippen molar-refractivity contribution in [1.82, 2.24) is 0 Å². The van der Waals surface area contributed by atoms with Crippen LogP contribution in [0.2, 0.25) is 0 Å². The molecule has 0 aromatic heterocycles. The number of carbonyl (C=O) groups excluding carboxylic acids is 1. The van der Waals surface area contributed by atoms with Gasteiger partial charge in [0.05, 0.1) is 21.8 Å². The van der Waals surface area contributed by atoms with Crippen LogP contribution in [-0.2, 0) is 25.8 Å². The number of fused-ring (bicyclic) bond motifs is 1. The van der Waals surface area contributed by atoms with Crippen LogP contribution in [0.15, 0.2) is 58.7 Å². The van der Waals surface area contributed by atoms with Crippen molar-refractivity contribution in [3.05, 3.63) is 59.3 Å². The minimum absolute atomic E-state index is 0.0189. The van der Waals surface area contributed by atoms with E-state index in [9.17, 15) is 31.6 Å². The molecule has 30 heavy (non-hydrogen) atoms. The zero-order chi connectivity index (χ0) is 22.1. The molecule has 2 aromatic carbocycles. The molecule has 0 aliphatic carbocycles. The van der Waals surface area contributed by atoms with Gasteiger partial charge in [-0.25, -0.2) is 12.7 Å². The Morgan fingerprint density at radius 1 is 1.20 bits per heavy atom. The summed E-state index contributed by atoms with van der Waals surface area (Å²) < 4.78 is 66.0. The van der Waals surface area contributed by atoms with E-state index in [1.165, 1.54) is 18.2 Å². The molecule has 3 rings (SSSR count). The van der Waals surface area contributed by atoms with E-state index in [2.05, 4.69) is 10.1 Å². The van der Waals surface area contributed by atoms with Gasteiger partial charge in [-0.1, -0.05) is 18.2 Å². The van der Waals surface area contributed by atoms with Gasteiger partial charge < -0.3 is 10.0 Å². The summed E-state index contributed by atoms with van der Waals surface area (Å²) in [6.45, 7) is -1.27. The molecule has 0 fully saturated rings. The van der Waals surface area contributed by atoms with Gasteiger partial charge in [-0.15, -0.1) is 0 Å². The van der Waals surface area contributed by atoms with E-state index in [4.69, 9.17) is 0 Å². The second kappa shape index (κ2) is 7.82. The van der Waals surface area contributed by atoms with E-state index in [0.29, 0.717) is 6.07 Å². The first-order valence-electron chi connectivity index (χ1n) is 8.34. The lowest BCUT2D eigenvalue weighted by Crippen LogP contribution is -2.41. The van der Waals surface area contributed by atoms with Gasteiger partial charge in [0.15, 0.2) is 5.28 Å². The number of anilines is 2. The first-order valence-corrected chi connectivity index (χ1v) is 9.78. The monoisotopic (exact) mass is 444 g/mol. The number of rotatable bonds is 5. The largest absolute Gasteiger partial charge is 0.597 e. The fourth-order valence-electron chi connectivity index (χ4n) is 2.88. The topological polar surface area (TPSA) is 105 Å². The van der Waals surface area contributed by atoms with Crippen molar-refractivity contribution >= 4 is 27.3 Å². The number of hydrogen-bond acceptors (Lipinski definition) is 6. The van der Waals surface area contributed by atoms with Gasteiger partial charge in [-0.2, -0.15) is 13.2 Å². The predicted octanol–water partition coefficient (Wildman–Crippen LogP) is 2.73. The molecule has 1 heterocycles. The number of amides is 1. The minimum Gasteiger partial charge on any atom is -0.597 e. The van der Waals surface area contributed by atoms with E-state index in [-0.39, 0.29) is 16.2 Å². The van der Waals surface area contributed by atoms with Crippen molar-refractivity contribution in [2.45, 2.75) is 11.1 Å². The number of hydrogen-bond donors (Lipinski definition) is 0. The molecule has 0 bridgehead atoms. The molecule has 1 aliphatic heterocycles. The highest BCUT2D eigenvalue weighted by Gasteiger charge is 2.39. The number of hydroxylamine groups is 1. The predicted molar refractivity (Wildman–Crippen MR) is 97.8 cm³/mol. The molecule has 0 atom stereocenters. The summed E-state index contributed by atoms with van der Waals surface area (Å²) in [5.41, 5.74) is -0.847. The van der Waals surface area contributed by atoms with Crippen LogP contribution in [0.25, 0.3) is 0 Å². The van der Waals surface area contributed by atoms with E-state index in [1.807, 2.05) is 0 Å². The molecule has 2 aromatic rings. The number of benzene rings is 2. The summed E-state index contributed by atoms with van der Waals surface area (Å²) in [5.74, 6) is -0.778. The van der Waals surface area contributed by atoms with E-state index in [1.54, 1.807) is 6.07 Å². The van der Waals surface area contributed by atoms with Gasteiger partial charge in [0.2, 0.25) is 0 Å². The number of para-hydroxylation sites is 2. The smallest absolute Gasteiger partial charge is 0.416 e. The van der Waals surface area contributed by atoms with Crippen molar-refractivity contribution in [1.29, 1.82) is 0 Å². The zero-order valence-corrected chi connectivity index (χ0v) is 16.2. The molecular formula is C17H15F3N4O5S. The lowest BCUT2D eigenvalue weighted by Gasteiger charge is -2.20. The molecule has 13 heteroatoms. The third-order valence-corrected chi connectivity index (χ3v) is 5.95. The van der Waals surface area contributed by atoms with E-state index < -0.39 is 45.8 Å². The number of carbonyl (C=O) groups is 1. The van der Waals surface area contributed by atoms with Gasteiger partial charge in [0.25, 0.3) is 22.5 Å². The number of sulfonamides is 1. The van der Waals surface area contributed by atoms with Crippen LogP contribution >= 0.6 is 0 Å². The average Bonchev–Trinajstić information content (AvgIpc) is 3.08. The highest BCUT2D eigenvalue weighted by Crippen LogP contribution is 2.40. The lowest BCUT2D eigenvalue weighted by atomic mass is 10.2. The van der Waals surface area contributed by atoms with Crippen LogP contribution in [0.5, 0.6) is 0 Å². The summed E-state index contributed by atoms with van der Waals surface area (Å²) in [4.78, 5) is 17.2. The van der Waals surface area contributed by atoms with Crippen molar-refractivity contribution in [2.24, 2.45) is 5.28 Å². The van der Waals surface area contributed by atoms with Crippen molar-refractivity contribution in [3.8, 4) is 0 Å². The third kappa shape index (κ3) is 4.01. The molecule has 1 amide bonds. The molecule has 1 aliphatic rings. The molecule has 0 saturated heterocycles.